The Balaban J connectivity index is 4.31. The van der Waals surface area contributed by atoms with Crippen molar-refractivity contribution in [3.8, 4) is 0 Å². The maximum Gasteiger partial charge on any atom is 0.306 e. The fraction of sp³-hybridized carbons (Fsp3) is 0.709. The smallest absolute Gasteiger partial charge is 0.306 e. The van der Waals surface area contributed by atoms with Crippen LogP contribution in [-0.4, -0.2) is 37.9 Å². The molecule has 0 fully saturated rings. The van der Waals surface area contributed by atoms with Gasteiger partial charge in [0.25, 0.3) is 0 Å². The lowest BCUT2D eigenvalue weighted by Gasteiger charge is -2.18. The van der Waals surface area contributed by atoms with Crippen molar-refractivity contribution in [2.45, 2.75) is 232 Å². The lowest BCUT2D eigenvalue weighted by Crippen LogP contribution is -2.30. The van der Waals surface area contributed by atoms with E-state index in [9.17, 15) is 9.59 Å². The maximum atomic E-state index is 12.7. The van der Waals surface area contributed by atoms with Crippen LogP contribution in [0.25, 0.3) is 0 Å². The molecule has 5 nitrogen and oxygen atoms in total. The van der Waals surface area contributed by atoms with Crippen molar-refractivity contribution in [1.29, 1.82) is 0 Å². The zero-order valence-electron chi connectivity index (χ0n) is 39.5. The van der Waals surface area contributed by atoms with Crippen LogP contribution in [0, 0.1) is 0 Å². The van der Waals surface area contributed by atoms with E-state index in [1.807, 2.05) is 0 Å². The number of allylic oxidation sites excluding steroid dienone is 14. The predicted octanol–water partition coefficient (Wildman–Crippen LogP) is 16.9. The molecule has 0 aromatic rings. The first-order chi connectivity index (χ1) is 29.6. The van der Waals surface area contributed by atoms with Crippen LogP contribution < -0.4 is 0 Å². The van der Waals surface area contributed by atoms with E-state index in [1.54, 1.807) is 0 Å². The summed E-state index contributed by atoms with van der Waals surface area (Å²) in [5.41, 5.74) is 0. The molecular formula is C55H94O5. The highest BCUT2D eigenvalue weighted by atomic mass is 16.6. The number of rotatable bonds is 45. The van der Waals surface area contributed by atoms with E-state index in [4.69, 9.17) is 14.2 Å². The van der Waals surface area contributed by atoms with E-state index >= 15 is 0 Å². The van der Waals surface area contributed by atoms with Crippen molar-refractivity contribution < 1.29 is 23.8 Å². The molecule has 0 aromatic carbocycles. The molecule has 0 heterocycles. The summed E-state index contributed by atoms with van der Waals surface area (Å²) in [6.45, 7) is 7.59. The topological polar surface area (TPSA) is 61.8 Å². The van der Waals surface area contributed by atoms with Gasteiger partial charge in [0.1, 0.15) is 6.61 Å². The van der Waals surface area contributed by atoms with Crippen molar-refractivity contribution in [3.63, 3.8) is 0 Å². The van der Waals surface area contributed by atoms with Crippen LogP contribution in [0.15, 0.2) is 85.1 Å². The lowest BCUT2D eigenvalue weighted by atomic mass is 10.1. The van der Waals surface area contributed by atoms with Crippen LogP contribution >= 0.6 is 0 Å². The summed E-state index contributed by atoms with van der Waals surface area (Å²) in [5.74, 6) is -0.435. The third-order valence-electron chi connectivity index (χ3n) is 10.4. The quantitative estimate of drug-likeness (QED) is 0.0347. The summed E-state index contributed by atoms with van der Waals surface area (Å²) in [7, 11) is 0. The monoisotopic (exact) mass is 835 g/mol. The second kappa shape index (κ2) is 50.4. The average molecular weight is 835 g/mol. The fourth-order valence-electron chi connectivity index (χ4n) is 6.63. The Kier molecular flexibility index (Phi) is 48.0. The van der Waals surface area contributed by atoms with Gasteiger partial charge in [0, 0.05) is 19.4 Å². The Hall–Kier alpha value is -2.92. The molecule has 344 valence electrons. The second-order valence-corrected chi connectivity index (χ2v) is 16.3. The van der Waals surface area contributed by atoms with Crippen LogP contribution in [0.2, 0.25) is 0 Å². The molecule has 0 aromatic heterocycles. The van der Waals surface area contributed by atoms with Gasteiger partial charge >= 0.3 is 11.9 Å². The van der Waals surface area contributed by atoms with Gasteiger partial charge in [0.05, 0.1) is 6.61 Å². The molecule has 0 aliphatic carbocycles. The van der Waals surface area contributed by atoms with Crippen LogP contribution in [0.1, 0.15) is 226 Å². The Bertz CT molecular complexity index is 1130. The minimum absolute atomic E-state index is 0.0639. The Morgan fingerprint density at radius 2 is 0.767 bits per heavy atom. The van der Waals surface area contributed by atoms with E-state index in [1.165, 1.54) is 89.9 Å². The van der Waals surface area contributed by atoms with Gasteiger partial charge in [-0.3, -0.25) is 9.59 Å². The van der Waals surface area contributed by atoms with Gasteiger partial charge < -0.3 is 14.2 Å². The Morgan fingerprint density at radius 1 is 0.383 bits per heavy atom. The number of carbonyl (C=O) groups is 2. The molecule has 1 atom stereocenters. The van der Waals surface area contributed by atoms with Gasteiger partial charge in [-0.15, -0.1) is 0 Å². The summed E-state index contributed by atoms with van der Waals surface area (Å²) < 4.78 is 17.3. The summed E-state index contributed by atoms with van der Waals surface area (Å²) in [6.07, 6.45) is 65.9. The zero-order chi connectivity index (χ0) is 43.5. The highest BCUT2D eigenvalue weighted by Gasteiger charge is 2.17. The number of esters is 2. The first-order valence-corrected chi connectivity index (χ1v) is 25.1. The largest absolute Gasteiger partial charge is 0.462 e. The molecule has 5 heteroatoms. The molecule has 0 amide bonds. The zero-order valence-corrected chi connectivity index (χ0v) is 39.5. The molecule has 0 saturated heterocycles. The van der Waals surface area contributed by atoms with E-state index in [0.29, 0.717) is 19.4 Å². The van der Waals surface area contributed by atoms with Crippen LogP contribution in [0.4, 0.5) is 0 Å². The third-order valence-corrected chi connectivity index (χ3v) is 10.4. The van der Waals surface area contributed by atoms with E-state index in [-0.39, 0.29) is 25.2 Å². The summed E-state index contributed by atoms with van der Waals surface area (Å²) in [5, 5.41) is 0. The van der Waals surface area contributed by atoms with Gasteiger partial charge in [-0.2, -0.15) is 0 Å². The minimum Gasteiger partial charge on any atom is -0.462 e. The predicted molar refractivity (Wildman–Crippen MR) is 260 cm³/mol. The van der Waals surface area contributed by atoms with Crippen molar-refractivity contribution >= 4 is 11.9 Å². The standard InChI is InChI=1S/C55H94O5/c1-4-7-10-13-16-19-22-24-25-26-27-28-29-30-32-35-38-41-44-47-50-58-51-53(60-55(57)49-46-43-40-37-33-21-18-15-12-9-6-3)52-59-54(56)48-45-42-39-36-34-31-23-20-17-14-11-8-5-2/h7,10,15-16,18-20,23-25,27-28,30,32,53H,4-6,8-9,11-14,17,21-22,26,29,31,33-52H2,1-3H3/b10-7-,18-15-,19-16-,23-20-,25-24-,28-27-,32-30-. The number of hydrogen-bond donors (Lipinski definition) is 0. The van der Waals surface area contributed by atoms with Gasteiger partial charge in [0.2, 0.25) is 0 Å². The highest BCUT2D eigenvalue weighted by Crippen LogP contribution is 2.13. The van der Waals surface area contributed by atoms with Crippen LogP contribution in [0.5, 0.6) is 0 Å². The number of ether oxygens (including phenoxy) is 3. The minimum atomic E-state index is -0.559. The van der Waals surface area contributed by atoms with Gasteiger partial charge in [-0.1, -0.05) is 189 Å². The Morgan fingerprint density at radius 3 is 1.27 bits per heavy atom. The molecule has 0 aliphatic rings. The number of carbonyl (C=O) groups excluding carboxylic acids is 2. The van der Waals surface area contributed by atoms with E-state index in [0.717, 1.165) is 103 Å². The number of unbranched alkanes of at least 4 members (excludes halogenated alkanes) is 20. The molecular weight excluding hydrogens is 741 g/mol. The molecule has 0 rings (SSSR count). The van der Waals surface area contributed by atoms with Crippen LogP contribution in [0.3, 0.4) is 0 Å². The maximum absolute atomic E-state index is 12.7. The first-order valence-electron chi connectivity index (χ1n) is 25.1. The highest BCUT2D eigenvalue weighted by molar-refractivity contribution is 5.70. The molecule has 60 heavy (non-hydrogen) atoms. The SMILES string of the molecule is CC/C=C\C/C=C\C/C=C\C/C=C\C/C=C\CCCCCCOCC(COC(=O)CCCCCCC/C=C\CCCCCC)OC(=O)CCCCCCC/C=C\CCCC. The molecule has 0 N–H and O–H groups in total. The van der Waals surface area contributed by atoms with Crippen LogP contribution in [-0.2, 0) is 23.8 Å². The van der Waals surface area contributed by atoms with Crippen molar-refractivity contribution in [3.05, 3.63) is 85.1 Å². The molecule has 0 spiro atoms. The van der Waals surface area contributed by atoms with Gasteiger partial charge in [-0.25, -0.2) is 0 Å². The molecule has 1 unspecified atom stereocenters. The van der Waals surface area contributed by atoms with Crippen molar-refractivity contribution in [2.75, 3.05) is 19.8 Å². The van der Waals surface area contributed by atoms with E-state index < -0.39 is 6.10 Å². The van der Waals surface area contributed by atoms with Gasteiger partial charge in [0.15, 0.2) is 6.10 Å². The number of hydrogen-bond acceptors (Lipinski definition) is 5. The Labute approximate surface area is 371 Å². The summed E-state index contributed by atoms with van der Waals surface area (Å²) in [6, 6.07) is 0. The summed E-state index contributed by atoms with van der Waals surface area (Å²) >= 11 is 0. The summed E-state index contributed by atoms with van der Waals surface area (Å²) in [4.78, 5) is 25.3. The molecule has 0 radical (unpaired) electrons. The van der Waals surface area contributed by atoms with E-state index in [2.05, 4.69) is 106 Å². The third kappa shape index (κ3) is 47.8. The van der Waals surface area contributed by atoms with Crippen molar-refractivity contribution in [2.24, 2.45) is 0 Å². The average Bonchev–Trinajstić information content (AvgIpc) is 3.25. The van der Waals surface area contributed by atoms with Gasteiger partial charge in [-0.05, 0) is 109 Å². The van der Waals surface area contributed by atoms with Crippen molar-refractivity contribution in [1.82, 2.24) is 0 Å². The first kappa shape index (κ1) is 57.1. The molecule has 0 saturated carbocycles. The lowest BCUT2D eigenvalue weighted by molar-refractivity contribution is -0.163. The molecule has 0 bridgehead atoms. The normalized spacial score (nSPS) is 12.9. The second-order valence-electron chi connectivity index (χ2n) is 16.3. The fourth-order valence-corrected chi connectivity index (χ4v) is 6.63. The molecule has 0 aliphatic heterocycles.